The molecule has 1 aliphatic carbocycles. The Morgan fingerprint density at radius 3 is 2.89 bits per heavy atom. The zero-order valence-electron chi connectivity index (χ0n) is 12.4. The highest BCUT2D eigenvalue weighted by Crippen LogP contribution is 2.39. The van der Waals surface area contributed by atoms with Gasteiger partial charge in [0.15, 0.2) is 0 Å². The number of hydrogen-bond donors (Lipinski definition) is 2. The van der Waals surface area contributed by atoms with Crippen molar-refractivity contribution in [2.75, 3.05) is 14.1 Å². The molecule has 0 radical (unpaired) electrons. The summed E-state index contributed by atoms with van der Waals surface area (Å²) in [6.45, 7) is 2.37. The highest BCUT2D eigenvalue weighted by molar-refractivity contribution is 7.07. The smallest absolute Gasteiger partial charge is 0.0435 e. The van der Waals surface area contributed by atoms with Crippen LogP contribution in [0.15, 0.2) is 16.8 Å². The van der Waals surface area contributed by atoms with Crippen LogP contribution in [-0.2, 0) is 6.42 Å². The summed E-state index contributed by atoms with van der Waals surface area (Å²) in [7, 11) is 4.41. The molecule has 0 bridgehead atoms. The van der Waals surface area contributed by atoms with Crippen LogP contribution in [0.2, 0.25) is 0 Å². The Morgan fingerprint density at radius 1 is 1.58 bits per heavy atom. The summed E-state index contributed by atoms with van der Waals surface area (Å²) < 4.78 is 0. The fraction of sp³-hybridized carbons (Fsp3) is 0.733. The minimum absolute atomic E-state index is 0.189. The highest BCUT2D eigenvalue weighted by Gasteiger charge is 2.43. The molecule has 0 aromatic carbocycles. The fourth-order valence-electron chi connectivity index (χ4n) is 3.65. The molecule has 1 aliphatic rings. The topological polar surface area (TPSA) is 41.3 Å². The third-order valence-electron chi connectivity index (χ3n) is 4.77. The van der Waals surface area contributed by atoms with E-state index in [9.17, 15) is 0 Å². The Labute approximate surface area is 121 Å². The maximum atomic E-state index is 5.92. The Bertz CT molecular complexity index is 377. The van der Waals surface area contributed by atoms with Gasteiger partial charge in [0, 0.05) is 11.6 Å². The van der Waals surface area contributed by atoms with Crippen molar-refractivity contribution in [2.24, 2.45) is 11.8 Å². The van der Waals surface area contributed by atoms with Gasteiger partial charge in [-0.15, -0.1) is 0 Å². The molecule has 0 amide bonds. The first kappa shape index (κ1) is 15.0. The SMILES string of the molecule is CC1CCCC(C(Cc2ccsc2)NN)(N(C)C)C1. The average Bonchev–Trinajstić information content (AvgIpc) is 2.88. The zero-order valence-corrected chi connectivity index (χ0v) is 13.2. The second kappa shape index (κ2) is 6.35. The van der Waals surface area contributed by atoms with Gasteiger partial charge in [0.25, 0.3) is 0 Å². The highest BCUT2D eigenvalue weighted by atomic mass is 32.1. The monoisotopic (exact) mass is 281 g/mol. The van der Waals surface area contributed by atoms with Gasteiger partial charge in [0.1, 0.15) is 0 Å². The minimum atomic E-state index is 0.189. The van der Waals surface area contributed by atoms with Crippen LogP contribution in [0.3, 0.4) is 0 Å². The Morgan fingerprint density at radius 2 is 2.37 bits per heavy atom. The van der Waals surface area contributed by atoms with Gasteiger partial charge in [0.2, 0.25) is 0 Å². The third-order valence-corrected chi connectivity index (χ3v) is 5.50. The van der Waals surface area contributed by atoms with E-state index in [1.54, 1.807) is 11.3 Å². The van der Waals surface area contributed by atoms with Crippen molar-refractivity contribution in [2.45, 2.75) is 50.6 Å². The summed E-state index contributed by atoms with van der Waals surface area (Å²) >= 11 is 1.76. The molecule has 108 valence electrons. The van der Waals surface area contributed by atoms with Crippen LogP contribution in [0.4, 0.5) is 0 Å². The van der Waals surface area contributed by atoms with Crippen molar-refractivity contribution in [3.63, 3.8) is 0 Å². The minimum Gasteiger partial charge on any atom is -0.302 e. The van der Waals surface area contributed by atoms with Crippen molar-refractivity contribution in [3.05, 3.63) is 22.4 Å². The lowest BCUT2D eigenvalue weighted by Gasteiger charge is -2.50. The van der Waals surface area contributed by atoms with E-state index < -0.39 is 0 Å². The molecule has 3 atom stereocenters. The first-order chi connectivity index (χ1) is 9.08. The van der Waals surface area contributed by atoms with Gasteiger partial charge in [-0.05, 0) is 61.7 Å². The summed E-state index contributed by atoms with van der Waals surface area (Å²) in [5.41, 5.74) is 4.70. The summed E-state index contributed by atoms with van der Waals surface area (Å²) in [5.74, 6) is 6.70. The predicted molar refractivity (Wildman–Crippen MR) is 83.2 cm³/mol. The maximum absolute atomic E-state index is 5.92. The predicted octanol–water partition coefficient (Wildman–Crippen LogP) is 2.63. The van der Waals surface area contributed by atoms with E-state index in [1.807, 2.05) is 0 Å². The van der Waals surface area contributed by atoms with Gasteiger partial charge in [-0.25, -0.2) is 0 Å². The first-order valence-corrected chi connectivity index (χ1v) is 8.17. The normalized spacial score (nSPS) is 29.6. The van der Waals surface area contributed by atoms with Gasteiger partial charge in [-0.2, -0.15) is 11.3 Å². The van der Waals surface area contributed by atoms with Gasteiger partial charge in [-0.3, -0.25) is 11.3 Å². The molecule has 0 spiro atoms. The number of nitrogens with zero attached hydrogens (tertiary/aromatic N) is 1. The zero-order chi connectivity index (χ0) is 13.9. The van der Waals surface area contributed by atoms with Gasteiger partial charge in [-0.1, -0.05) is 19.8 Å². The van der Waals surface area contributed by atoms with E-state index >= 15 is 0 Å². The summed E-state index contributed by atoms with van der Waals surface area (Å²) in [6, 6.07) is 2.53. The molecule has 3 unspecified atom stereocenters. The molecule has 4 heteroatoms. The molecule has 0 saturated heterocycles. The van der Waals surface area contributed by atoms with Crippen LogP contribution in [0.25, 0.3) is 0 Å². The number of nitrogens with two attached hydrogens (primary N) is 1. The van der Waals surface area contributed by atoms with E-state index in [4.69, 9.17) is 5.84 Å². The molecule has 19 heavy (non-hydrogen) atoms. The summed E-state index contributed by atoms with van der Waals surface area (Å²) in [4.78, 5) is 2.40. The lowest BCUT2D eigenvalue weighted by Crippen LogP contribution is -2.63. The number of nitrogens with one attached hydrogen (secondary N) is 1. The van der Waals surface area contributed by atoms with E-state index in [0.29, 0.717) is 6.04 Å². The molecular weight excluding hydrogens is 254 g/mol. The van der Waals surface area contributed by atoms with Gasteiger partial charge in [0.05, 0.1) is 0 Å². The van der Waals surface area contributed by atoms with Crippen LogP contribution in [-0.4, -0.2) is 30.6 Å². The number of hydrazine groups is 1. The number of thiophene rings is 1. The van der Waals surface area contributed by atoms with Crippen LogP contribution in [0.5, 0.6) is 0 Å². The number of rotatable bonds is 5. The fourth-order valence-corrected chi connectivity index (χ4v) is 4.33. The molecule has 3 nitrogen and oxygen atoms in total. The second-order valence-corrected chi connectivity index (χ2v) is 7.03. The second-order valence-electron chi connectivity index (χ2n) is 6.25. The van der Waals surface area contributed by atoms with Crippen molar-refractivity contribution in [1.29, 1.82) is 0 Å². The average molecular weight is 281 g/mol. The Kier molecular flexibility index (Phi) is 5.01. The van der Waals surface area contributed by atoms with Gasteiger partial charge < -0.3 is 4.90 Å². The van der Waals surface area contributed by atoms with E-state index in [0.717, 1.165) is 12.3 Å². The van der Waals surface area contributed by atoms with Gasteiger partial charge >= 0.3 is 0 Å². The van der Waals surface area contributed by atoms with Crippen molar-refractivity contribution in [3.8, 4) is 0 Å². The molecule has 1 saturated carbocycles. The van der Waals surface area contributed by atoms with E-state index in [2.05, 4.69) is 48.2 Å². The molecular formula is C15H27N3S. The Hall–Kier alpha value is -0.420. The number of likely N-dealkylation sites (N-methyl/N-ethyl adjacent to an activating group) is 1. The van der Waals surface area contributed by atoms with E-state index in [-0.39, 0.29) is 5.54 Å². The summed E-state index contributed by atoms with van der Waals surface area (Å²) in [6.07, 6.45) is 6.15. The maximum Gasteiger partial charge on any atom is 0.0435 e. The molecule has 1 heterocycles. The van der Waals surface area contributed by atoms with Crippen LogP contribution in [0.1, 0.15) is 38.2 Å². The van der Waals surface area contributed by atoms with Crippen molar-refractivity contribution < 1.29 is 0 Å². The third kappa shape index (κ3) is 3.19. The quantitative estimate of drug-likeness (QED) is 0.644. The molecule has 1 fully saturated rings. The Balaban J connectivity index is 2.20. The van der Waals surface area contributed by atoms with Crippen LogP contribution in [0, 0.1) is 5.92 Å². The summed E-state index contributed by atoms with van der Waals surface area (Å²) in [5, 5.41) is 4.38. The molecule has 1 aromatic rings. The number of hydrogen-bond acceptors (Lipinski definition) is 4. The largest absolute Gasteiger partial charge is 0.302 e. The lowest BCUT2D eigenvalue weighted by atomic mass is 9.70. The van der Waals surface area contributed by atoms with E-state index in [1.165, 1.54) is 31.2 Å². The van der Waals surface area contributed by atoms with Crippen LogP contribution >= 0.6 is 11.3 Å². The van der Waals surface area contributed by atoms with Crippen LogP contribution < -0.4 is 11.3 Å². The molecule has 3 N–H and O–H groups in total. The first-order valence-electron chi connectivity index (χ1n) is 7.23. The van der Waals surface area contributed by atoms with Crippen molar-refractivity contribution >= 4 is 11.3 Å². The standard InChI is InChI=1S/C15H27N3S/c1-12-5-4-7-15(10-12,18(2)3)14(17-16)9-13-6-8-19-11-13/h6,8,11-12,14,17H,4-5,7,9-10,16H2,1-3H3. The van der Waals surface area contributed by atoms with Crippen molar-refractivity contribution in [1.82, 2.24) is 10.3 Å². The molecule has 2 rings (SSSR count). The lowest BCUT2D eigenvalue weighted by molar-refractivity contribution is 0.0373. The molecule has 0 aliphatic heterocycles. The molecule has 1 aromatic heterocycles.